The zero-order valence-corrected chi connectivity index (χ0v) is 21.4. The van der Waals surface area contributed by atoms with Gasteiger partial charge in [-0.2, -0.15) is 11.8 Å². The third kappa shape index (κ3) is 24.7. The molecule has 13 heteroatoms. The molecule has 0 aliphatic heterocycles. The molecular weight excluding hydrogens is 480 g/mol. The van der Waals surface area contributed by atoms with Crippen LogP contribution in [-0.2, 0) is 38.1 Å². The average Bonchev–Trinajstić information content (AvgIpc) is 2.83. The van der Waals surface area contributed by atoms with Gasteiger partial charge in [0.05, 0.1) is 45.4 Å². The smallest absolute Gasteiger partial charge is 0.246 e. The molecule has 202 valence electrons. The number of ether oxygens (including phenoxy) is 4. The van der Waals surface area contributed by atoms with Crippen LogP contribution in [0.4, 0.5) is 0 Å². The summed E-state index contributed by atoms with van der Waals surface area (Å²) in [5.74, 6) is 0.615. The number of carbonyl (C=O) groups is 4. The van der Waals surface area contributed by atoms with E-state index in [1.807, 2.05) is 6.92 Å². The molecule has 0 atom stereocenters. The zero-order chi connectivity index (χ0) is 26.0. The maximum atomic E-state index is 11.6. The van der Waals surface area contributed by atoms with Gasteiger partial charge in [-0.25, -0.2) is 0 Å². The molecule has 0 spiro atoms. The van der Waals surface area contributed by atoms with Crippen molar-refractivity contribution in [2.45, 2.75) is 13.3 Å². The highest BCUT2D eigenvalue weighted by Gasteiger charge is 2.04. The van der Waals surface area contributed by atoms with Crippen LogP contribution < -0.4 is 21.3 Å². The van der Waals surface area contributed by atoms with Crippen LogP contribution in [0.1, 0.15) is 13.3 Å². The summed E-state index contributed by atoms with van der Waals surface area (Å²) in [6.45, 7) is 8.52. The lowest BCUT2D eigenvalue weighted by atomic mass is 10.4. The summed E-state index contributed by atoms with van der Waals surface area (Å²) in [5.41, 5.74) is 0. The summed E-state index contributed by atoms with van der Waals surface area (Å²) in [5, 5.41) is 10.7. The van der Waals surface area contributed by atoms with E-state index in [-0.39, 0.29) is 63.1 Å². The number of amides is 4. The van der Waals surface area contributed by atoms with Gasteiger partial charge in [0.15, 0.2) is 0 Å². The molecule has 0 aliphatic carbocycles. The first-order chi connectivity index (χ1) is 17.0. The van der Waals surface area contributed by atoms with Crippen molar-refractivity contribution in [2.75, 3.05) is 90.5 Å². The van der Waals surface area contributed by atoms with Crippen molar-refractivity contribution in [1.29, 1.82) is 0 Å². The number of hydrogen-bond acceptors (Lipinski definition) is 9. The van der Waals surface area contributed by atoms with Crippen molar-refractivity contribution in [3.8, 4) is 0 Å². The second-order valence-electron chi connectivity index (χ2n) is 6.86. The predicted octanol–water partition coefficient (Wildman–Crippen LogP) is -1.15. The molecule has 12 nitrogen and oxygen atoms in total. The first-order valence-corrected chi connectivity index (χ1v) is 12.7. The molecule has 0 bridgehead atoms. The maximum absolute atomic E-state index is 11.6. The molecule has 0 aromatic carbocycles. The lowest BCUT2D eigenvalue weighted by Gasteiger charge is -2.09. The Balaban J connectivity index is 3.36. The van der Waals surface area contributed by atoms with Crippen LogP contribution in [0.5, 0.6) is 0 Å². The van der Waals surface area contributed by atoms with Gasteiger partial charge in [0.25, 0.3) is 0 Å². The van der Waals surface area contributed by atoms with Crippen LogP contribution in [-0.4, -0.2) is 114 Å². The van der Waals surface area contributed by atoms with Gasteiger partial charge < -0.3 is 40.2 Å². The summed E-state index contributed by atoms with van der Waals surface area (Å²) in [6.07, 6.45) is 1.81. The van der Waals surface area contributed by atoms with Crippen LogP contribution in [0.2, 0.25) is 0 Å². The fraction of sp³-hybridized carbons (Fsp3) is 0.727. The molecular formula is C22H40N4O8S. The molecule has 0 radical (unpaired) electrons. The first-order valence-electron chi connectivity index (χ1n) is 11.6. The number of thioether (sulfide) groups is 1. The second-order valence-corrected chi connectivity index (χ2v) is 8.13. The number of nitrogens with one attached hydrogen (secondary N) is 4. The van der Waals surface area contributed by atoms with Crippen molar-refractivity contribution in [1.82, 2.24) is 21.3 Å². The monoisotopic (exact) mass is 520 g/mol. The molecule has 4 N–H and O–H groups in total. The van der Waals surface area contributed by atoms with E-state index in [4.69, 9.17) is 18.9 Å². The molecule has 0 aromatic rings. The van der Waals surface area contributed by atoms with Gasteiger partial charge in [-0.1, -0.05) is 13.0 Å². The van der Waals surface area contributed by atoms with Crippen LogP contribution in [0, 0.1) is 0 Å². The van der Waals surface area contributed by atoms with E-state index >= 15 is 0 Å². The summed E-state index contributed by atoms with van der Waals surface area (Å²) in [6, 6.07) is 0. The standard InChI is InChI=1S/C22H40N4O8S/c1-3-5-19(27)25-8-10-31-12-15-34-17-21(29)26-9-11-32-13-14-33-16-20(28)23-6-7-24-22(30)18-35-4-2/h3H,1,4-18H2,2H3,(H,23,28)(H,24,30)(H,25,27)(H,26,29). The van der Waals surface area contributed by atoms with Crippen molar-refractivity contribution in [3.63, 3.8) is 0 Å². The van der Waals surface area contributed by atoms with Gasteiger partial charge >= 0.3 is 0 Å². The zero-order valence-electron chi connectivity index (χ0n) is 20.6. The van der Waals surface area contributed by atoms with Crippen LogP contribution in [0.3, 0.4) is 0 Å². The minimum absolute atomic E-state index is 0.0484. The van der Waals surface area contributed by atoms with E-state index in [1.54, 1.807) is 0 Å². The second kappa shape index (κ2) is 24.9. The van der Waals surface area contributed by atoms with E-state index < -0.39 is 0 Å². The third-order valence-electron chi connectivity index (χ3n) is 3.88. The highest BCUT2D eigenvalue weighted by molar-refractivity contribution is 7.99. The van der Waals surface area contributed by atoms with E-state index in [9.17, 15) is 19.2 Å². The fourth-order valence-electron chi connectivity index (χ4n) is 2.25. The molecule has 0 saturated heterocycles. The Morgan fingerprint density at radius 3 is 1.63 bits per heavy atom. The molecule has 0 rings (SSSR count). The van der Waals surface area contributed by atoms with Crippen molar-refractivity contribution in [3.05, 3.63) is 12.7 Å². The van der Waals surface area contributed by atoms with Gasteiger partial charge in [-0.3, -0.25) is 19.2 Å². The van der Waals surface area contributed by atoms with E-state index in [0.717, 1.165) is 5.75 Å². The van der Waals surface area contributed by atoms with E-state index in [2.05, 4.69) is 27.8 Å². The van der Waals surface area contributed by atoms with Crippen LogP contribution >= 0.6 is 11.8 Å². The summed E-state index contributed by atoms with van der Waals surface area (Å²) in [7, 11) is 0. The highest BCUT2D eigenvalue weighted by Crippen LogP contribution is 1.95. The predicted molar refractivity (Wildman–Crippen MR) is 133 cm³/mol. The minimum atomic E-state index is -0.268. The molecule has 0 aliphatic rings. The average molecular weight is 521 g/mol. The van der Waals surface area contributed by atoms with Gasteiger partial charge in [-0.15, -0.1) is 6.58 Å². The Kier molecular flexibility index (Phi) is 23.4. The van der Waals surface area contributed by atoms with E-state index in [1.165, 1.54) is 17.8 Å². The third-order valence-corrected chi connectivity index (χ3v) is 4.76. The molecule has 0 fully saturated rings. The maximum Gasteiger partial charge on any atom is 0.246 e. The Bertz CT molecular complexity index is 610. The summed E-state index contributed by atoms with van der Waals surface area (Å²) >= 11 is 1.54. The van der Waals surface area contributed by atoms with Crippen molar-refractivity contribution < 1.29 is 38.1 Å². The molecule has 0 heterocycles. The van der Waals surface area contributed by atoms with Gasteiger partial charge in [0, 0.05) is 32.6 Å². The lowest BCUT2D eigenvalue weighted by molar-refractivity contribution is -0.127. The Morgan fingerprint density at radius 1 is 0.657 bits per heavy atom. The van der Waals surface area contributed by atoms with Crippen LogP contribution in [0.25, 0.3) is 0 Å². The Hall–Kier alpha value is -2.19. The topological polar surface area (TPSA) is 153 Å². The Labute approximate surface area is 211 Å². The van der Waals surface area contributed by atoms with E-state index in [0.29, 0.717) is 51.8 Å². The molecule has 0 aromatic heterocycles. The SMILES string of the molecule is C=CCC(=O)NCCOCCOCC(=O)NCCOCCOCC(=O)NCCNC(=O)CSCC. The molecule has 4 amide bonds. The number of carbonyl (C=O) groups excluding carboxylic acids is 4. The van der Waals surface area contributed by atoms with Gasteiger partial charge in [0.2, 0.25) is 23.6 Å². The van der Waals surface area contributed by atoms with Gasteiger partial charge in [0.1, 0.15) is 13.2 Å². The lowest BCUT2D eigenvalue weighted by Crippen LogP contribution is -2.37. The van der Waals surface area contributed by atoms with Crippen molar-refractivity contribution >= 4 is 35.4 Å². The molecule has 35 heavy (non-hydrogen) atoms. The minimum Gasteiger partial charge on any atom is -0.377 e. The summed E-state index contributed by atoms with van der Waals surface area (Å²) in [4.78, 5) is 45.8. The number of rotatable bonds is 24. The fourth-order valence-corrected chi connectivity index (χ4v) is 2.74. The van der Waals surface area contributed by atoms with Gasteiger partial charge in [-0.05, 0) is 5.75 Å². The molecule has 0 saturated carbocycles. The molecule has 0 unspecified atom stereocenters. The largest absolute Gasteiger partial charge is 0.377 e. The first kappa shape index (κ1) is 32.8. The Morgan fingerprint density at radius 2 is 1.11 bits per heavy atom. The quantitative estimate of drug-likeness (QED) is 0.0912. The highest BCUT2D eigenvalue weighted by atomic mass is 32.2. The number of hydrogen-bond donors (Lipinski definition) is 4. The van der Waals surface area contributed by atoms with Crippen LogP contribution in [0.15, 0.2) is 12.7 Å². The van der Waals surface area contributed by atoms with Crippen molar-refractivity contribution in [2.24, 2.45) is 0 Å². The normalized spacial score (nSPS) is 10.4. The summed E-state index contributed by atoms with van der Waals surface area (Å²) < 4.78 is 21.0.